The lowest BCUT2D eigenvalue weighted by molar-refractivity contribution is 0.662. The molecular formula is C13H15N. The van der Waals surface area contributed by atoms with Crippen molar-refractivity contribution in [1.82, 2.24) is 0 Å². The standard InChI is InChI=1S/C13H15N/c1-13(2)9-6-10-14-12(13)11-7-4-3-5-8-11/h3-9H,10H2,1-2H3. The first-order valence-electron chi connectivity index (χ1n) is 4.98. The summed E-state index contributed by atoms with van der Waals surface area (Å²) < 4.78 is 0. The molecule has 0 spiro atoms. The fraction of sp³-hybridized carbons (Fsp3) is 0.308. The number of hydrogen-bond acceptors (Lipinski definition) is 1. The van der Waals surface area contributed by atoms with Crippen molar-refractivity contribution in [2.75, 3.05) is 6.54 Å². The van der Waals surface area contributed by atoms with E-state index in [4.69, 9.17) is 0 Å². The maximum Gasteiger partial charge on any atom is 0.0574 e. The number of allylic oxidation sites excluding steroid dienone is 1. The first kappa shape index (κ1) is 9.20. The van der Waals surface area contributed by atoms with Crippen LogP contribution in [0.1, 0.15) is 19.4 Å². The fourth-order valence-electron chi connectivity index (χ4n) is 1.83. The summed E-state index contributed by atoms with van der Waals surface area (Å²) in [5.41, 5.74) is 2.50. The van der Waals surface area contributed by atoms with E-state index >= 15 is 0 Å². The minimum atomic E-state index is 0.0691. The van der Waals surface area contributed by atoms with E-state index in [0.717, 1.165) is 6.54 Å². The van der Waals surface area contributed by atoms with Gasteiger partial charge in [-0.3, -0.25) is 4.99 Å². The van der Waals surface area contributed by atoms with Gasteiger partial charge in [0, 0.05) is 5.41 Å². The smallest absolute Gasteiger partial charge is 0.0574 e. The average molecular weight is 185 g/mol. The second-order valence-corrected chi connectivity index (χ2v) is 4.18. The van der Waals surface area contributed by atoms with Crippen molar-refractivity contribution in [3.05, 3.63) is 48.0 Å². The first-order chi connectivity index (χ1) is 6.70. The van der Waals surface area contributed by atoms with E-state index in [1.165, 1.54) is 11.3 Å². The van der Waals surface area contributed by atoms with Crippen LogP contribution >= 0.6 is 0 Å². The lowest BCUT2D eigenvalue weighted by Crippen LogP contribution is -2.25. The van der Waals surface area contributed by atoms with Crippen molar-refractivity contribution in [2.24, 2.45) is 10.4 Å². The summed E-state index contributed by atoms with van der Waals surface area (Å²) >= 11 is 0. The predicted molar refractivity (Wildman–Crippen MR) is 60.8 cm³/mol. The summed E-state index contributed by atoms with van der Waals surface area (Å²) in [6.07, 6.45) is 4.37. The molecule has 0 radical (unpaired) electrons. The number of rotatable bonds is 1. The first-order valence-corrected chi connectivity index (χ1v) is 4.98. The third-order valence-electron chi connectivity index (χ3n) is 2.55. The van der Waals surface area contributed by atoms with Crippen molar-refractivity contribution in [3.63, 3.8) is 0 Å². The molecule has 0 aliphatic carbocycles. The SMILES string of the molecule is CC1(C)C=CCN=C1c1ccccc1. The number of aliphatic imine (C=N–C) groups is 1. The molecule has 1 heteroatoms. The molecule has 14 heavy (non-hydrogen) atoms. The highest BCUT2D eigenvalue weighted by Gasteiger charge is 2.24. The molecule has 1 aromatic rings. The van der Waals surface area contributed by atoms with Gasteiger partial charge in [0.25, 0.3) is 0 Å². The molecule has 0 N–H and O–H groups in total. The number of dihydropyridines is 1. The zero-order chi connectivity index (χ0) is 10.0. The van der Waals surface area contributed by atoms with Gasteiger partial charge in [-0.25, -0.2) is 0 Å². The number of hydrogen-bond donors (Lipinski definition) is 0. The Hall–Kier alpha value is -1.37. The Balaban J connectivity index is 2.40. The van der Waals surface area contributed by atoms with Crippen LogP contribution in [0.3, 0.4) is 0 Å². The Morgan fingerprint density at radius 2 is 1.86 bits per heavy atom. The van der Waals surface area contributed by atoms with Crippen LogP contribution in [-0.2, 0) is 0 Å². The Labute approximate surface area is 85.2 Å². The molecule has 1 nitrogen and oxygen atoms in total. The van der Waals surface area contributed by atoms with Gasteiger partial charge in [0.1, 0.15) is 0 Å². The molecule has 72 valence electrons. The van der Waals surface area contributed by atoms with Crippen LogP contribution in [0.4, 0.5) is 0 Å². The Morgan fingerprint density at radius 3 is 2.50 bits per heavy atom. The number of nitrogens with zero attached hydrogens (tertiary/aromatic N) is 1. The molecule has 0 atom stereocenters. The molecule has 0 aromatic heterocycles. The molecule has 0 fully saturated rings. The molecule has 0 saturated heterocycles. The lowest BCUT2D eigenvalue weighted by atomic mass is 9.82. The van der Waals surface area contributed by atoms with Crippen LogP contribution in [0, 0.1) is 5.41 Å². The van der Waals surface area contributed by atoms with E-state index in [-0.39, 0.29) is 5.41 Å². The van der Waals surface area contributed by atoms with Crippen molar-refractivity contribution in [1.29, 1.82) is 0 Å². The fourth-order valence-corrected chi connectivity index (χ4v) is 1.83. The van der Waals surface area contributed by atoms with Crippen molar-refractivity contribution < 1.29 is 0 Å². The van der Waals surface area contributed by atoms with Crippen molar-refractivity contribution in [3.8, 4) is 0 Å². The van der Waals surface area contributed by atoms with E-state index in [1.807, 2.05) is 6.07 Å². The molecule has 0 bridgehead atoms. The normalized spacial score (nSPS) is 19.1. The Morgan fingerprint density at radius 1 is 1.14 bits per heavy atom. The van der Waals surface area contributed by atoms with Gasteiger partial charge in [0.15, 0.2) is 0 Å². The van der Waals surface area contributed by atoms with Gasteiger partial charge in [-0.15, -0.1) is 0 Å². The molecule has 1 aliphatic heterocycles. The molecule has 1 aromatic carbocycles. The second kappa shape index (κ2) is 3.41. The van der Waals surface area contributed by atoms with Crippen LogP contribution in [0.25, 0.3) is 0 Å². The van der Waals surface area contributed by atoms with Crippen LogP contribution < -0.4 is 0 Å². The maximum absolute atomic E-state index is 4.58. The third kappa shape index (κ3) is 1.63. The van der Waals surface area contributed by atoms with Gasteiger partial charge < -0.3 is 0 Å². The lowest BCUT2D eigenvalue weighted by Gasteiger charge is -2.26. The maximum atomic E-state index is 4.58. The number of benzene rings is 1. The largest absolute Gasteiger partial charge is 0.284 e. The van der Waals surface area contributed by atoms with E-state index in [9.17, 15) is 0 Å². The monoisotopic (exact) mass is 185 g/mol. The van der Waals surface area contributed by atoms with Crippen molar-refractivity contribution >= 4 is 5.71 Å². The predicted octanol–water partition coefficient (Wildman–Crippen LogP) is 3.07. The minimum absolute atomic E-state index is 0.0691. The van der Waals surface area contributed by atoms with Gasteiger partial charge in [-0.2, -0.15) is 0 Å². The van der Waals surface area contributed by atoms with Gasteiger partial charge in [0.05, 0.1) is 12.3 Å². The van der Waals surface area contributed by atoms with E-state index in [0.29, 0.717) is 0 Å². The molecule has 1 aliphatic rings. The van der Waals surface area contributed by atoms with Gasteiger partial charge in [-0.1, -0.05) is 56.3 Å². The quantitative estimate of drug-likeness (QED) is 0.596. The third-order valence-corrected chi connectivity index (χ3v) is 2.55. The van der Waals surface area contributed by atoms with Crippen LogP contribution in [0.2, 0.25) is 0 Å². The van der Waals surface area contributed by atoms with E-state index in [2.05, 4.69) is 55.3 Å². The van der Waals surface area contributed by atoms with Crippen LogP contribution in [0.5, 0.6) is 0 Å². The van der Waals surface area contributed by atoms with Crippen LogP contribution in [0.15, 0.2) is 47.5 Å². The topological polar surface area (TPSA) is 12.4 Å². The van der Waals surface area contributed by atoms with E-state index in [1.54, 1.807) is 0 Å². The van der Waals surface area contributed by atoms with Crippen LogP contribution in [-0.4, -0.2) is 12.3 Å². The average Bonchev–Trinajstić information content (AvgIpc) is 2.18. The Bertz CT molecular complexity index is 371. The highest BCUT2D eigenvalue weighted by atomic mass is 14.8. The molecular weight excluding hydrogens is 170 g/mol. The summed E-state index contributed by atoms with van der Waals surface area (Å²) in [5, 5.41) is 0. The highest BCUT2D eigenvalue weighted by molar-refractivity contribution is 6.05. The molecule has 2 rings (SSSR count). The summed E-state index contributed by atoms with van der Waals surface area (Å²) in [6, 6.07) is 10.4. The van der Waals surface area contributed by atoms with Gasteiger partial charge in [-0.05, 0) is 5.56 Å². The van der Waals surface area contributed by atoms with Crippen molar-refractivity contribution in [2.45, 2.75) is 13.8 Å². The molecule has 1 heterocycles. The molecule has 0 saturated carbocycles. The molecule has 0 unspecified atom stereocenters. The minimum Gasteiger partial charge on any atom is -0.284 e. The second-order valence-electron chi connectivity index (χ2n) is 4.18. The summed E-state index contributed by atoms with van der Waals surface area (Å²) in [7, 11) is 0. The highest BCUT2D eigenvalue weighted by Crippen LogP contribution is 2.26. The zero-order valence-corrected chi connectivity index (χ0v) is 8.70. The van der Waals surface area contributed by atoms with Gasteiger partial charge >= 0.3 is 0 Å². The molecule has 0 amide bonds. The van der Waals surface area contributed by atoms with Gasteiger partial charge in [0.2, 0.25) is 0 Å². The zero-order valence-electron chi connectivity index (χ0n) is 8.70. The summed E-state index contributed by atoms with van der Waals surface area (Å²) in [4.78, 5) is 4.58. The summed E-state index contributed by atoms with van der Waals surface area (Å²) in [5.74, 6) is 0. The Kier molecular flexibility index (Phi) is 2.24. The summed E-state index contributed by atoms with van der Waals surface area (Å²) in [6.45, 7) is 5.22. The van der Waals surface area contributed by atoms with E-state index < -0.39 is 0 Å².